The quantitative estimate of drug-likeness (QED) is 0.833. The van der Waals surface area contributed by atoms with Crippen LogP contribution in [-0.2, 0) is 10.0 Å². The molecule has 98 valence electrons. The van der Waals surface area contributed by atoms with E-state index < -0.39 is 15.8 Å². The molecular weight excluding hydrogens is 253 g/mol. The smallest absolute Gasteiger partial charge is 0.207 e. The summed E-state index contributed by atoms with van der Waals surface area (Å²) >= 11 is 0. The van der Waals surface area contributed by atoms with Gasteiger partial charge in [0.25, 0.3) is 0 Å². The van der Waals surface area contributed by atoms with E-state index in [1.54, 1.807) is 6.92 Å². The Bertz CT molecular complexity index is 561. The van der Waals surface area contributed by atoms with Crippen LogP contribution in [0.4, 0.5) is 4.39 Å². The van der Waals surface area contributed by atoms with Crippen molar-refractivity contribution in [3.63, 3.8) is 0 Å². The molecule has 1 aromatic carbocycles. The second-order valence-electron chi connectivity index (χ2n) is 4.04. The van der Waals surface area contributed by atoms with Crippen LogP contribution >= 0.6 is 0 Å². The molecule has 1 atom stereocenters. The third kappa shape index (κ3) is 3.56. The highest BCUT2D eigenvalue weighted by atomic mass is 32.2. The minimum Gasteiger partial charge on any atom is -0.207 e. The summed E-state index contributed by atoms with van der Waals surface area (Å²) in [5.74, 6) is 1.97. The Morgan fingerprint density at radius 3 is 2.67 bits per heavy atom. The van der Waals surface area contributed by atoms with Crippen molar-refractivity contribution in [2.24, 2.45) is 0 Å². The molecule has 1 N–H and O–H groups in total. The molecular formula is C13H16FNO2S. The zero-order valence-electron chi connectivity index (χ0n) is 10.4. The molecule has 18 heavy (non-hydrogen) atoms. The van der Waals surface area contributed by atoms with Gasteiger partial charge in [-0.1, -0.05) is 6.92 Å². The summed E-state index contributed by atoms with van der Waals surface area (Å²) in [6, 6.07) is 3.28. The Morgan fingerprint density at radius 2 is 2.17 bits per heavy atom. The molecule has 1 unspecified atom stereocenters. The molecule has 0 spiro atoms. The van der Waals surface area contributed by atoms with Gasteiger partial charge in [0.1, 0.15) is 5.82 Å². The van der Waals surface area contributed by atoms with E-state index in [0.717, 1.165) is 6.07 Å². The normalized spacial score (nSPS) is 13.0. The van der Waals surface area contributed by atoms with Gasteiger partial charge in [-0.25, -0.2) is 17.5 Å². The van der Waals surface area contributed by atoms with Crippen LogP contribution in [0.1, 0.15) is 25.3 Å². The van der Waals surface area contributed by atoms with Crippen LogP contribution in [0.2, 0.25) is 0 Å². The Balaban J connectivity index is 3.03. The lowest BCUT2D eigenvalue weighted by Crippen LogP contribution is -2.34. The van der Waals surface area contributed by atoms with Gasteiger partial charge in [-0.15, -0.1) is 12.3 Å². The topological polar surface area (TPSA) is 46.2 Å². The first-order chi connectivity index (χ1) is 8.40. The number of sulfonamides is 1. The SMILES string of the molecule is C#CCC(CC)NS(=O)(=O)c1ccc(F)cc1C. The highest BCUT2D eigenvalue weighted by molar-refractivity contribution is 7.89. The number of nitrogens with one attached hydrogen (secondary N) is 1. The maximum atomic E-state index is 12.9. The van der Waals surface area contributed by atoms with Gasteiger partial charge in [-0.05, 0) is 37.1 Å². The van der Waals surface area contributed by atoms with Gasteiger partial charge < -0.3 is 0 Å². The lowest BCUT2D eigenvalue weighted by atomic mass is 10.2. The summed E-state index contributed by atoms with van der Waals surface area (Å²) in [5, 5.41) is 0. The molecule has 0 saturated heterocycles. The average Bonchev–Trinajstić information content (AvgIpc) is 2.27. The van der Waals surface area contributed by atoms with Crippen molar-refractivity contribution in [3.05, 3.63) is 29.6 Å². The summed E-state index contributed by atoms with van der Waals surface area (Å²) in [6.07, 6.45) is 6.11. The first-order valence-electron chi connectivity index (χ1n) is 5.62. The number of benzene rings is 1. The maximum Gasteiger partial charge on any atom is 0.241 e. The van der Waals surface area contributed by atoms with Crippen molar-refractivity contribution in [1.29, 1.82) is 0 Å². The van der Waals surface area contributed by atoms with E-state index in [0.29, 0.717) is 18.4 Å². The van der Waals surface area contributed by atoms with Gasteiger partial charge in [-0.2, -0.15) is 0 Å². The standard InChI is InChI=1S/C13H16FNO2S/c1-4-6-12(5-2)15-18(16,17)13-8-7-11(14)9-10(13)3/h1,7-9,12,15H,5-6H2,2-3H3. The van der Waals surface area contributed by atoms with E-state index in [-0.39, 0.29) is 10.9 Å². The Labute approximate surface area is 107 Å². The lowest BCUT2D eigenvalue weighted by Gasteiger charge is -2.15. The van der Waals surface area contributed by atoms with Crippen molar-refractivity contribution in [2.45, 2.75) is 37.6 Å². The van der Waals surface area contributed by atoms with Crippen LogP contribution in [-0.4, -0.2) is 14.5 Å². The summed E-state index contributed by atoms with van der Waals surface area (Å²) in [6.45, 7) is 3.40. The molecule has 0 amide bonds. The van der Waals surface area contributed by atoms with Crippen molar-refractivity contribution in [2.75, 3.05) is 0 Å². The molecule has 0 heterocycles. The van der Waals surface area contributed by atoms with Crippen LogP contribution in [0.25, 0.3) is 0 Å². The number of rotatable bonds is 5. The van der Waals surface area contributed by atoms with Crippen LogP contribution in [0.5, 0.6) is 0 Å². The summed E-state index contributed by atoms with van der Waals surface area (Å²) in [4.78, 5) is 0.0828. The highest BCUT2D eigenvalue weighted by Gasteiger charge is 2.20. The van der Waals surface area contributed by atoms with Gasteiger partial charge in [0, 0.05) is 12.5 Å². The van der Waals surface area contributed by atoms with Crippen molar-refractivity contribution >= 4 is 10.0 Å². The Hall–Kier alpha value is -1.38. The second kappa shape index (κ2) is 5.98. The van der Waals surface area contributed by atoms with Gasteiger partial charge >= 0.3 is 0 Å². The van der Waals surface area contributed by atoms with Crippen LogP contribution in [0.15, 0.2) is 23.1 Å². The Morgan fingerprint density at radius 1 is 1.50 bits per heavy atom. The fourth-order valence-electron chi connectivity index (χ4n) is 1.61. The summed E-state index contributed by atoms with van der Waals surface area (Å²) in [5.41, 5.74) is 0.373. The van der Waals surface area contributed by atoms with E-state index in [1.165, 1.54) is 12.1 Å². The van der Waals surface area contributed by atoms with E-state index in [9.17, 15) is 12.8 Å². The number of hydrogen-bond acceptors (Lipinski definition) is 2. The molecule has 0 aliphatic heterocycles. The fraction of sp³-hybridized carbons (Fsp3) is 0.385. The predicted octanol–water partition coefficient (Wildman–Crippen LogP) is 2.21. The minimum absolute atomic E-state index is 0.0828. The number of halogens is 1. The van der Waals surface area contributed by atoms with E-state index >= 15 is 0 Å². The minimum atomic E-state index is -3.65. The monoisotopic (exact) mass is 269 g/mol. The molecule has 1 rings (SSSR count). The van der Waals surface area contributed by atoms with Crippen molar-refractivity contribution in [1.82, 2.24) is 4.72 Å². The van der Waals surface area contributed by atoms with E-state index in [1.807, 2.05) is 6.92 Å². The molecule has 0 aliphatic carbocycles. The summed E-state index contributed by atoms with van der Waals surface area (Å²) < 4.78 is 39.7. The number of hydrogen-bond donors (Lipinski definition) is 1. The third-order valence-corrected chi connectivity index (χ3v) is 4.29. The summed E-state index contributed by atoms with van der Waals surface area (Å²) in [7, 11) is -3.65. The molecule has 0 aliphatic rings. The average molecular weight is 269 g/mol. The fourth-order valence-corrected chi connectivity index (χ4v) is 3.15. The first kappa shape index (κ1) is 14.7. The van der Waals surface area contributed by atoms with Gasteiger partial charge in [0.15, 0.2) is 0 Å². The molecule has 3 nitrogen and oxygen atoms in total. The van der Waals surface area contributed by atoms with Gasteiger partial charge in [0.2, 0.25) is 10.0 Å². The van der Waals surface area contributed by atoms with Crippen LogP contribution in [0.3, 0.4) is 0 Å². The molecule has 0 radical (unpaired) electrons. The maximum absolute atomic E-state index is 12.9. The molecule has 0 bridgehead atoms. The molecule has 0 saturated carbocycles. The largest absolute Gasteiger partial charge is 0.241 e. The van der Waals surface area contributed by atoms with E-state index in [4.69, 9.17) is 6.42 Å². The van der Waals surface area contributed by atoms with Gasteiger partial charge in [-0.3, -0.25) is 0 Å². The molecule has 1 aromatic rings. The second-order valence-corrected chi connectivity index (χ2v) is 5.73. The zero-order chi connectivity index (χ0) is 13.8. The third-order valence-electron chi connectivity index (χ3n) is 2.61. The molecule has 0 fully saturated rings. The van der Waals surface area contributed by atoms with Crippen LogP contribution < -0.4 is 4.72 Å². The number of aryl methyl sites for hydroxylation is 1. The van der Waals surface area contributed by atoms with Gasteiger partial charge in [0.05, 0.1) is 4.90 Å². The first-order valence-corrected chi connectivity index (χ1v) is 7.11. The zero-order valence-corrected chi connectivity index (χ0v) is 11.2. The van der Waals surface area contributed by atoms with Crippen molar-refractivity contribution < 1.29 is 12.8 Å². The predicted molar refractivity (Wildman–Crippen MR) is 69.0 cm³/mol. The molecule has 0 aromatic heterocycles. The lowest BCUT2D eigenvalue weighted by molar-refractivity contribution is 0.543. The highest BCUT2D eigenvalue weighted by Crippen LogP contribution is 2.17. The molecule has 5 heteroatoms. The van der Waals surface area contributed by atoms with Crippen LogP contribution in [0, 0.1) is 25.1 Å². The Kier molecular flexibility index (Phi) is 4.88. The van der Waals surface area contributed by atoms with E-state index in [2.05, 4.69) is 10.6 Å². The van der Waals surface area contributed by atoms with Crippen molar-refractivity contribution in [3.8, 4) is 12.3 Å². The number of terminal acetylenes is 1.